The topological polar surface area (TPSA) is 111 Å². The van der Waals surface area contributed by atoms with Gasteiger partial charge in [-0.05, 0) is 42.5 Å². The molecule has 0 unspecified atom stereocenters. The van der Waals surface area contributed by atoms with Crippen molar-refractivity contribution in [1.82, 2.24) is 0 Å². The normalized spacial score (nSPS) is 10.0. The third-order valence-electron chi connectivity index (χ3n) is 2.93. The maximum absolute atomic E-state index is 11.9. The van der Waals surface area contributed by atoms with Crippen LogP contribution in [0.5, 0.6) is 0 Å². The minimum Gasteiger partial charge on any atom is -0.452 e. The quantitative estimate of drug-likeness (QED) is 0.689. The summed E-state index contributed by atoms with van der Waals surface area (Å²) in [6, 6.07) is 9.71. The molecule has 25 heavy (non-hydrogen) atoms. The third kappa shape index (κ3) is 5.66. The van der Waals surface area contributed by atoms with Crippen LogP contribution in [0, 0.1) is 0 Å². The Kier molecular flexibility index (Phi) is 6.21. The lowest BCUT2D eigenvalue weighted by atomic mass is 10.2. The number of anilines is 2. The molecule has 0 heterocycles. The smallest absolute Gasteiger partial charge is 0.338 e. The number of amides is 3. The summed E-state index contributed by atoms with van der Waals surface area (Å²) >= 11 is 11.6. The number of carbonyl (C=O) groups is 3. The second kappa shape index (κ2) is 8.36. The monoisotopic (exact) mass is 381 g/mol. The lowest BCUT2D eigenvalue weighted by molar-refractivity contribution is -0.119. The number of urea groups is 1. The van der Waals surface area contributed by atoms with Crippen LogP contribution in [0.4, 0.5) is 16.2 Å². The Labute approximate surface area is 153 Å². The van der Waals surface area contributed by atoms with Gasteiger partial charge < -0.3 is 21.1 Å². The van der Waals surface area contributed by atoms with E-state index in [0.717, 1.165) is 0 Å². The minimum absolute atomic E-state index is 0.220. The van der Waals surface area contributed by atoms with Gasteiger partial charge in [-0.1, -0.05) is 23.2 Å². The Morgan fingerprint density at radius 3 is 2.16 bits per heavy atom. The van der Waals surface area contributed by atoms with Crippen LogP contribution in [0.1, 0.15) is 10.4 Å². The maximum atomic E-state index is 11.9. The number of carbonyl (C=O) groups excluding carboxylic acids is 3. The van der Waals surface area contributed by atoms with Gasteiger partial charge >= 0.3 is 12.0 Å². The van der Waals surface area contributed by atoms with Crippen molar-refractivity contribution >= 4 is 52.5 Å². The van der Waals surface area contributed by atoms with Gasteiger partial charge in [-0.25, -0.2) is 9.59 Å². The summed E-state index contributed by atoms with van der Waals surface area (Å²) in [5.74, 6) is -1.21. The lowest BCUT2D eigenvalue weighted by Crippen LogP contribution is -2.21. The summed E-state index contributed by atoms with van der Waals surface area (Å²) in [6.45, 7) is -0.472. The Balaban J connectivity index is 1.87. The summed E-state index contributed by atoms with van der Waals surface area (Å²) in [5, 5.41) is 5.54. The van der Waals surface area contributed by atoms with E-state index in [2.05, 4.69) is 10.6 Å². The molecule has 130 valence electrons. The maximum Gasteiger partial charge on any atom is 0.338 e. The van der Waals surface area contributed by atoms with Crippen LogP contribution in [0.15, 0.2) is 42.5 Å². The first-order valence-electron chi connectivity index (χ1n) is 6.93. The standard InChI is InChI=1S/C16H13Cl2N3O4/c17-12-6-5-11(7-13(12)18)20-14(22)8-25-15(23)9-1-3-10(4-2-9)21-16(19)24/h1-7H,8H2,(H,20,22)(H3,19,21,24). The van der Waals surface area contributed by atoms with Crippen LogP contribution >= 0.6 is 23.2 Å². The highest BCUT2D eigenvalue weighted by molar-refractivity contribution is 6.42. The van der Waals surface area contributed by atoms with Crippen LogP contribution in [0.2, 0.25) is 10.0 Å². The molecule has 0 aliphatic carbocycles. The van der Waals surface area contributed by atoms with E-state index in [1.807, 2.05) is 0 Å². The Hall–Kier alpha value is -2.77. The van der Waals surface area contributed by atoms with Gasteiger partial charge in [0.2, 0.25) is 0 Å². The number of primary amides is 1. The first-order valence-corrected chi connectivity index (χ1v) is 7.69. The summed E-state index contributed by atoms with van der Waals surface area (Å²) in [6.07, 6.45) is 0. The largest absolute Gasteiger partial charge is 0.452 e. The fourth-order valence-electron chi connectivity index (χ4n) is 1.82. The van der Waals surface area contributed by atoms with Gasteiger partial charge in [0.1, 0.15) is 0 Å². The summed E-state index contributed by atoms with van der Waals surface area (Å²) in [5.41, 5.74) is 6.06. The molecule has 4 N–H and O–H groups in total. The summed E-state index contributed by atoms with van der Waals surface area (Å²) in [4.78, 5) is 34.4. The van der Waals surface area contributed by atoms with Crippen molar-refractivity contribution in [2.75, 3.05) is 17.2 Å². The molecule has 0 saturated carbocycles. The highest BCUT2D eigenvalue weighted by atomic mass is 35.5. The number of hydrogen-bond acceptors (Lipinski definition) is 4. The van der Waals surface area contributed by atoms with Gasteiger partial charge in [0, 0.05) is 11.4 Å². The van der Waals surface area contributed by atoms with Gasteiger partial charge in [-0.15, -0.1) is 0 Å². The molecule has 0 aliphatic rings. The van der Waals surface area contributed by atoms with Crippen molar-refractivity contribution in [3.8, 4) is 0 Å². The van der Waals surface area contributed by atoms with Crippen LogP contribution in [-0.2, 0) is 9.53 Å². The minimum atomic E-state index is -0.714. The van der Waals surface area contributed by atoms with Crippen molar-refractivity contribution in [1.29, 1.82) is 0 Å². The van der Waals surface area contributed by atoms with Gasteiger partial charge in [0.15, 0.2) is 6.61 Å². The second-order valence-corrected chi connectivity index (χ2v) is 5.63. The molecule has 0 radical (unpaired) electrons. The number of hydrogen-bond donors (Lipinski definition) is 3. The van der Waals surface area contributed by atoms with Gasteiger partial charge in [-0.3, -0.25) is 4.79 Å². The number of halogens is 2. The fourth-order valence-corrected chi connectivity index (χ4v) is 2.12. The number of ether oxygens (including phenoxy) is 1. The number of esters is 1. The number of benzene rings is 2. The molecule has 0 atom stereocenters. The molecule has 9 heteroatoms. The van der Waals surface area contributed by atoms with Crippen molar-refractivity contribution in [2.24, 2.45) is 5.73 Å². The molecule has 2 rings (SSSR count). The predicted molar refractivity (Wildman–Crippen MR) is 95.0 cm³/mol. The molecule has 0 bridgehead atoms. The fraction of sp³-hybridized carbons (Fsp3) is 0.0625. The van der Waals surface area contributed by atoms with Crippen LogP contribution in [0.25, 0.3) is 0 Å². The van der Waals surface area contributed by atoms with Crippen molar-refractivity contribution < 1.29 is 19.1 Å². The highest BCUT2D eigenvalue weighted by Crippen LogP contribution is 2.24. The predicted octanol–water partition coefficient (Wildman–Crippen LogP) is 3.28. The highest BCUT2D eigenvalue weighted by Gasteiger charge is 2.11. The first kappa shape index (κ1) is 18.6. The van der Waals surface area contributed by atoms with E-state index >= 15 is 0 Å². The average molecular weight is 382 g/mol. The zero-order valence-corrected chi connectivity index (χ0v) is 14.2. The molecule has 0 aromatic heterocycles. The van der Waals surface area contributed by atoms with Crippen molar-refractivity contribution in [3.05, 3.63) is 58.1 Å². The van der Waals surface area contributed by atoms with Crippen molar-refractivity contribution in [3.63, 3.8) is 0 Å². The number of nitrogens with one attached hydrogen (secondary N) is 2. The first-order chi connectivity index (χ1) is 11.8. The molecule has 0 saturated heterocycles. The molecular weight excluding hydrogens is 369 g/mol. The van der Waals surface area contributed by atoms with E-state index in [0.29, 0.717) is 21.4 Å². The molecule has 0 spiro atoms. The average Bonchev–Trinajstić information content (AvgIpc) is 2.56. The molecule has 7 nitrogen and oxygen atoms in total. The van der Waals surface area contributed by atoms with E-state index < -0.39 is 24.5 Å². The molecule has 2 aromatic rings. The van der Waals surface area contributed by atoms with Crippen LogP contribution in [0.3, 0.4) is 0 Å². The van der Waals surface area contributed by atoms with E-state index in [1.54, 1.807) is 6.07 Å². The Morgan fingerprint density at radius 1 is 0.920 bits per heavy atom. The summed E-state index contributed by atoms with van der Waals surface area (Å²) < 4.78 is 4.91. The number of rotatable bonds is 5. The second-order valence-electron chi connectivity index (χ2n) is 4.82. The molecular formula is C16H13Cl2N3O4. The van der Waals surface area contributed by atoms with E-state index in [4.69, 9.17) is 33.7 Å². The van der Waals surface area contributed by atoms with Crippen molar-refractivity contribution in [2.45, 2.75) is 0 Å². The zero-order valence-electron chi connectivity index (χ0n) is 12.7. The van der Waals surface area contributed by atoms with Gasteiger partial charge in [-0.2, -0.15) is 0 Å². The third-order valence-corrected chi connectivity index (χ3v) is 3.66. The Morgan fingerprint density at radius 2 is 1.56 bits per heavy atom. The SMILES string of the molecule is NC(=O)Nc1ccc(C(=O)OCC(=O)Nc2ccc(Cl)c(Cl)c2)cc1. The zero-order chi connectivity index (χ0) is 18.4. The Bertz CT molecular complexity index is 810. The molecule has 0 fully saturated rings. The lowest BCUT2D eigenvalue weighted by Gasteiger charge is -2.08. The van der Waals surface area contributed by atoms with Gasteiger partial charge in [0.25, 0.3) is 5.91 Å². The van der Waals surface area contributed by atoms with Crippen LogP contribution in [-0.4, -0.2) is 24.5 Å². The molecule has 0 aliphatic heterocycles. The summed E-state index contributed by atoms with van der Waals surface area (Å²) in [7, 11) is 0. The van der Waals surface area contributed by atoms with E-state index in [1.165, 1.54) is 36.4 Å². The molecule has 2 aromatic carbocycles. The number of nitrogens with two attached hydrogens (primary N) is 1. The van der Waals surface area contributed by atoms with E-state index in [9.17, 15) is 14.4 Å². The van der Waals surface area contributed by atoms with E-state index in [-0.39, 0.29) is 5.56 Å². The molecule has 3 amide bonds. The van der Waals surface area contributed by atoms with Crippen LogP contribution < -0.4 is 16.4 Å². The van der Waals surface area contributed by atoms with Gasteiger partial charge in [0.05, 0.1) is 15.6 Å².